The van der Waals surface area contributed by atoms with E-state index in [2.05, 4.69) is 5.32 Å². The highest BCUT2D eigenvalue weighted by molar-refractivity contribution is 6.30. The van der Waals surface area contributed by atoms with Gasteiger partial charge in [0.15, 0.2) is 0 Å². The first-order chi connectivity index (χ1) is 9.78. The van der Waals surface area contributed by atoms with Crippen molar-refractivity contribution >= 4 is 24.0 Å². The monoisotopic (exact) mass is 329 g/mol. The fourth-order valence-corrected chi connectivity index (χ4v) is 4.26. The maximum atomic E-state index is 6.51. The molecule has 3 aliphatic heterocycles. The first-order valence-electron chi connectivity index (χ1n) is 7.59. The fourth-order valence-electron chi connectivity index (χ4n) is 4.08. The second-order valence-electron chi connectivity index (χ2n) is 6.14. The first kappa shape index (κ1) is 15.4. The van der Waals surface area contributed by atoms with E-state index >= 15 is 0 Å². The number of hydrogen-bond acceptors (Lipinski definition) is 3. The summed E-state index contributed by atoms with van der Waals surface area (Å²) in [6.07, 6.45) is 4.62. The largest absolute Gasteiger partial charge is 0.486 e. The van der Waals surface area contributed by atoms with Crippen molar-refractivity contribution < 1.29 is 9.47 Å². The quantitative estimate of drug-likeness (QED) is 0.786. The molecule has 3 heterocycles. The Morgan fingerprint density at radius 3 is 2.86 bits per heavy atom. The van der Waals surface area contributed by atoms with Crippen molar-refractivity contribution in [3.05, 3.63) is 28.8 Å². The van der Waals surface area contributed by atoms with E-state index in [9.17, 15) is 0 Å². The number of halogens is 2. The lowest BCUT2D eigenvalue weighted by molar-refractivity contribution is -0.141. The molecule has 0 unspecified atom stereocenters. The van der Waals surface area contributed by atoms with Gasteiger partial charge < -0.3 is 14.8 Å². The van der Waals surface area contributed by atoms with Crippen LogP contribution in [0.3, 0.4) is 0 Å². The predicted molar refractivity (Wildman–Crippen MR) is 85.6 cm³/mol. The number of ether oxygens (including phenoxy) is 2. The van der Waals surface area contributed by atoms with Crippen LogP contribution in [0.1, 0.15) is 37.4 Å². The summed E-state index contributed by atoms with van der Waals surface area (Å²) >= 11 is 6.16. The minimum absolute atomic E-state index is 0. The van der Waals surface area contributed by atoms with Crippen LogP contribution in [0.4, 0.5) is 0 Å². The number of hydrogen-bond donors (Lipinski definition) is 1. The van der Waals surface area contributed by atoms with E-state index in [-0.39, 0.29) is 24.1 Å². The third-order valence-electron chi connectivity index (χ3n) is 5.04. The molecule has 2 fully saturated rings. The molecule has 5 heteroatoms. The predicted octanol–water partition coefficient (Wildman–Crippen LogP) is 3.74. The lowest BCUT2D eigenvalue weighted by atomic mass is 9.70. The van der Waals surface area contributed by atoms with E-state index in [1.54, 1.807) is 0 Å². The van der Waals surface area contributed by atoms with Crippen LogP contribution in [-0.2, 0) is 4.74 Å². The van der Waals surface area contributed by atoms with E-state index in [0.717, 1.165) is 55.3 Å². The summed E-state index contributed by atoms with van der Waals surface area (Å²) in [5, 5.41) is 4.21. The summed E-state index contributed by atoms with van der Waals surface area (Å²) < 4.78 is 12.6. The van der Waals surface area contributed by atoms with Crippen LogP contribution in [0, 0.1) is 5.92 Å². The summed E-state index contributed by atoms with van der Waals surface area (Å²) in [4.78, 5) is 0. The Balaban J connectivity index is 0.00000132. The normalized spacial score (nSPS) is 29.8. The van der Waals surface area contributed by atoms with Crippen LogP contribution in [0.15, 0.2) is 18.2 Å². The molecular weight excluding hydrogens is 309 g/mol. The smallest absolute Gasteiger partial charge is 0.126 e. The van der Waals surface area contributed by atoms with E-state index in [1.807, 2.05) is 18.2 Å². The number of piperidine rings is 1. The van der Waals surface area contributed by atoms with Crippen LogP contribution in [0.5, 0.6) is 5.75 Å². The van der Waals surface area contributed by atoms with Crippen LogP contribution >= 0.6 is 24.0 Å². The average Bonchev–Trinajstić information content (AvgIpc) is 2.50. The molecule has 0 aromatic heterocycles. The van der Waals surface area contributed by atoms with E-state index in [4.69, 9.17) is 21.1 Å². The highest BCUT2D eigenvalue weighted by Gasteiger charge is 2.51. The van der Waals surface area contributed by atoms with Gasteiger partial charge in [-0.1, -0.05) is 11.6 Å². The fraction of sp³-hybridized carbons (Fsp3) is 0.625. The zero-order valence-electron chi connectivity index (χ0n) is 11.9. The zero-order valence-corrected chi connectivity index (χ0v) is 13.5. The molecule has 21 heavy (non-hydrogen) atoms. The third-order valence-corrected chi connectivity index (χ3v) is 5.27. The van der Waals surface area contributed by atoms with Crippen molar-refractivity contribution in [2.24, 2.45) is 5.92 Å². The molecule has 1 aromatic rings. The van der Waals surface area contributed by atoms with Crippen molar-refractivity contribution in [1.29, 1.82) is 0 Å². The Morgan fingerprint density at radius 2 is 2.05 bits per heavy atom. The minimum Gasteiger partial charge on any atom is -0.486 e. The molecular formula is C16H21Cl2NO2. The molecule has 0 amide bonds. The van der Waals surface area contributed by atoms with Gasteiger partial charge in [0.1, 0.15) is 11.4 Å². The van der Waals surface area contributed by atoms with Crippen molar-refractivity contribution in [3.8, 4) is 5.75 Å². The summed E-state index contributed by atoms with van der Waals surface area (Å²) in [5.41, 5.74) is 1.10. The van der Waals surface area contributed by atoms with Crippen molar-refractivity contribution in [3.63, 3.8) is 0 Å². The van der Waals surface area contributed by atoms with E-state index < -0.39 is 0 Å². The standard InChI is InChI=1S/C16H20ClNO2.ClH/c17-11-3-4-14-12(10-11)15-13(2-1-9-19-15)16(20-14)5-7-18-8-6-16;/h3-4,10,13,15,18H,1-2,5-9H2;1H/t13-,15+;/m1./s1. The van der Waals surface area contributed by atoms with Gasteiger partial charge in [-0.05, 0) is 57.0 Å². The molecule has 2 atom stereocenters. The maximum Gasteiger partial charge on any atom is 0.126 e. The second kappa shape index (κ2) is 5.96. The lowest BCUT2D eigenvalue weighted by Crippen LogP contribution is -2.56. The zero-order chi connectivity index (χ0) is 13.6. The average molecular weight is 330 g/mol. The second-order valence-corrected chi connectivity index (χ2v) is 6.58. The van der Waals surface area contributed by atoms with Gasteiger partial charge in [0.25, 0.3) is 0 Å². The molecule has 0 saturated carbocycles. The third kappa shape index (κ3) is 2.55. The molecule has 3 aliphatic rings. The molecule has 1 aromatic carbocycles. The van der Waals surface area contributed by atoms with Gasteiger partial charge in [0.2, 0.25) is 0 Å². The van der Waals surface area contributed by atoms with Gasteiger partial charge in [0, 0.05) is 23.1 Å². The highest BCUT2D eigenvalue weighted by Crippen LogP contribution is 2.52. The summed E-state index contributed by atoms with van der Waals surface area (Å²) in [6, 6.07) is 5.95. The number of benzene rings is 1. The van der Waals surface area contributed by atoms with Gasteiger partial charge in [0.05, 0.1) is 6.10 Å². The van der Waals surface area contributed by atoms with Crippen LogP contribution in [0.2, 0.25) is 5.02 Å². The molecule has 2 saturated heterocycles. The van der Waals surface area contributed by atoms with Gasteiger partial charge in [-0.15, -0.1) is 12.4 Å². The SMILES string of the molecule is Cl.Clc1ccc2c(c1)[C@@H]1OCCC[C@H]1C1(CCNCC1)O2. The Bertz CT molecular complexity index is 517. The maximum absolute atomic E-state index is 6.51. The Morgan fingerprint density at radius 1 is 1.24 bits per heavy atom. The number of fused-ring (bicyclic) bond motifs is 4. The van der Waals surface area contributed by atoms with Gasteiger partial charge in [-0.2, -0.15) is 0 Å². The summed E-state index contributed by atoms with van der Waals surface area (Å²) in [6.45, 7) is 2.92. The van der Waals surface area contributed by atoms with E-state index in [1.165, 1.54) is 6.42 Å². The summed E-state index contributed by atoms with van der Waals surface area (Å²) in [7, 11) is 0. The van der Waals surface area contributed by atoms with Crippen LogP contribution in [-0.4, -0.2) is 25.3 Å². The van der Waals surface area contributed by atoms with Gasteiger partial charge >= 0.3 is 0 Å². The summed E-state index contributed by atoms with van der Waals surface area (Å²) in [5.74, 6) is 1.43. The first-order valence-corrected chi connectivity index (χ1v) is 7.97. The molecule has 1 spiro atoms. The van der Waals surface area contributed by atoms with Crippen LogP contribution in [0.25, 0.3) is 0 Å². The Kier molecular flexibility index (Phi) is 4.37. The van der Waals surface area contributed by atoms with Crippen molar-refractivity contribution in [2.45, 2.75) is 37.4 Å². The van der Waals surface area contributed by atoms with Crippen molar-refractivity contribution in [1.82, 2.24) is 5.32 Å². The Labute approximate surface area is 136 Å². The molecule has 1 N–H and O–H groups in total. The molecule has 116 valence electrons. The van der Waals surface area contributed by atoms with Gasteiger partial charge in [-0.3, -0.25) is 0 Å². The molecule has 3 nitrogen and oxygen atoms in total. The van der Waals surface area contributed by atoms with E-state index in [0.29, 0.717) is 5.92 Å². The van der Waals surface area contributed by atoms with Crippen molar-refractivity contribution in [2.75, 3.05) is 19.7 Å². The number of nitrogens with one attached hydrogen (secondary N) is 1. The topological polar surface area (TPSA) is 30.5 Å². The van der Waals surface area contributed by atoms with Crippen LogP contribution < -0.4 is 10.1 Å². The molecule has 4 rings (SSSR count). The Hall–Kier alpha value is -0.480. The lowest BCUT2D eigenvalue weighted by Gasteiger charge is -2.52. The highest BCUT2D eigenvalue weighted by atomic mass is 35.5. The molecule has 0 bridgehead atoms. The molecule has 0 radical (unpaired) electrons. The number of rotatable bonds is 0. The minimum atomic E-state index is -0.0445. The van der Waals surface area contributed by atoms with Gasteiger partial charge in [-0.25, -0.2) is 0 Å². The molecule has 0 aliphatic carbocycles.